The third-order valence-corrected chi connectivity index (χ3v) is 4.55. The van der Waals surface area contributed by atoms with E-state index in [4.69, 9.17) is 5.73 Å². The van der Waals surface area contributed by atoms with Gasteiger partial charge in [-0.05, 0) is 25.7 Å². The summed E-state index contributed by atoms with van der Waals surface area (Å²) >= 11 is 0. The zero-order chi connectivity index (χ0) is 12.8. The molecule has 0 radical (unpaired) electrons. The molecule has 4 heteroatoms. The van der Waals surface area contributed by atoms with E-state index in [1.807, 2.05) is 0 Å². The van der Waals surface area contributed by atoms with Gasteiger partial charge in [0, 0.05) is 19.6 Å². The zero-order valence-corrected chi connectivity index (χ0v) is 11.4. The molecule has 18 heavy (non-hydrogen) atoms. The highest BCUT2D eigenvalue weighted by Gasteiger charge is 2.38. The molecule has 0 spiro atoms. The summed E-state index contributed by atoms with van der Waals surface area (Å²) in [6.45, 7) is 2.48. The first kappa shape index (κ1) is 13.8. The van der Waals surface area contributed by atoms with Crippen molar-refractivity contribution in [3.63, 3.8) is 0 Å². The molecule has 2 aliphatic rings. The molecular weight excluding hydrogens is 226 g/mol. The number of hydrogen-bond donors (Lipinski definition) is 2. The summed E-state index contributed by atoms with van der Waals surface area (Å²) in [6, 6.07) is 0. The molecule has 1 aliphatic heterocycles. The van der Waals surface area contributed by atoms with Gasteiger partial charge in [-0.25, -0.2) is 5.01 Å². The van der Waals surface area contributed by atoms with Gasteiger partial charge >= 0.3 is 0 Å². The number of carbonyl (C=O) groups excluding carboxylic acids is 1. The lowest BCUT2D eigenvalue weighted by molar-refractivity contribution is -0.137. The van der Waals surface area contributed by atoms with E-state index in [1.54, 1.807) is 0 Å². The molecule has 1 saturated carbocycles. The maximum Gasteiger partial charge on any atom is 0.241 e. The molecule has 0 unspecified atom stereocenters. The number of nitrogens with two attached hydrogens (primary N) is 1. The largest absolute Gasteiger partial charge is 0.329 e. The molecule has 1 aliphatic carbocycles. The van der Waals surface area contributed by atoms with Crippen molar-refractivity contribution in [1.29, 1.82) is 0 Å². The van der Waals surface area contributed by atoms with Crippen LogP contribution in [0, 0.1) is 5.41 Å². The highest BCUT2D eigenvalue weighted by atomic mass is 16.2. The van der Waals surface area contributed by atoms with Crippen molar-refractivity contribution in [2.45, 2.75) is 57.8 Å². The van der Waals surface area contributed by atoms with Gasteiger partial charge in [0.05, 0.1) is 5.41 Å². The van der Waals surface area contributed by atoms with Gasteiger partial charge < -0.3 is 5.73 Å². The van der Waals surface area contributed by atoms with Crippen LogP contribution in [-0.2, 0) is 4.79 Å². The quantitative estimate of drug-likeness (QED) is 0.754. The number of rotatable bonds is 3. The van der Waals surface area contributed by atoms with E-state index in [2.05, 4.69) is 10.4 Å². The number of carbonyl (C=O) groups is 1. The first-order chi connectivity index (χ1) is 8.77. The van der Waals surface area contributed by atoms with Crippen LogP contribution in [0.2, 0.25) is 0 Å². The Morgan fingerprint density at radius 1 is 1.00 bits per heavy atom. The number of nitrogens with zero attached hydrogens (tertiary/aromatic N) is 1. The summed E-state index contributed by atoms with van der Waals surface area (Å²) in [4.78, 5) is 12.5. The molecule has 0 atom stereocenters. The fraction of sp³-hybridized carbons (Fsp3) is 0.929. The smallest absolute Gasteiger partial charge is 0.241 e. The molecular formula is C14H27N3O. The summed E-state index contributed by atoms with van der Waals surface area (Å²) in [5, 5.41) is 2.09. The Morgan fingerprint density at radius 2 is 1.56 bits per heavy atom. The minimum absolute atomic E-state index is 0.175. The van der Waals surface area contributed by atoms with Crippen molar-refractivity contribution in [3.05, 3.63) is 0 Å². The second-order valence-electron chi connectivity index (χ2n) is 5.89. The average molecular weight is 253 g/mol. The van der Waals surface area contributed by atoms with Crippen LogP contribution in [0.25, 0.3) is 0 Å². The maximum atomic E-state index is 12.5. The van der Waals surface area contributed by atoms with Gasteiger partial charge in [0.25, 0.3) is 0 Å². The highest BCUT2D eigenvalue weighted by molar-refractivity contribution is 5.82. The van der Waals surface area contributed by atoms with E-state index in [1.165, 1.54) is 32.1 Å². The number of piperidine rings is 1. The Labute approximate surface area is 110 Å². The lowest BCUT2D eigenvalue weighted by Gasteiger charge is -2.34. The Hall–Kier alpha value is -0.610. The van der Waals surface area contributed by atoms with E-state index >= 15 is 0 Å². The van der Waals surface area contributed by atoms with E-state index in [-0.39, 0.29) is 11.3 Å². The summed E-state index contributed by atoms with van der Waals surface area (Å²) in [7, 11) is 0. The number of amides is 1. The van der Waals surface area contributed by atoms with Crippen LogP contribution in [0.5, 0.6) is 0 Å². The van der Waals surface area contributed by atoms with Crippen molar-refractivity contribution in [1.82, 2.24) is 10.4 Å². The van der Waals surface area contributed by atoms with Crippen LogP contribution in [0.3, 0.4) is 0 Å². The molecule has 2 fully saturated rings. The van der Waals surface area contributed by atoms with Crippen LogP contribution in [0.4, 0.5) is 0 Å². The third-order valence-electron chi connectivity index (χ3n) is 4.55. The van der Waals surface area contributed by atoms with Crippen LogP contribution >= 0.6 is 0 Å². The zero-order valence-electron chi connectivity index (χ0n) is 11.4. The summed E-state index contributed by atoms with van der Waals surface area (Å²) in [6.07, 6.45) is 10.4. The first-order valence-electron chi connectivity index (χ1n) is 7.53. The molecule has 2 rings (SSSR count). The molecule has 1 saturated heterocycles. The predicted octanol–water partition coefficient (Wildman–Crippen LogP) is 1.80. The SMILES string of the molecule is NCC1(C(=O)NN2CCCCC2)CCCCCC1. The lowest BCUT2D eigenvalue weighted by Crippen LogP contribution is -2.53. The average Bonchev–Trinajstić information content (AvgIpc) is 2.66. The molecule has 1 amide bonds. The van der Waals surface area contributed by atoms with E-state index in [9.17, 15) is 4.79 Å². The molecule has 1 heterocycles. The summed E-state index contributed by atoms with van der Waals surface area (Å²) in [5.74, 6) is 0.175. The lowest BCUT2D eigenvalue weighted by atomic mass is 9.79. The van der Waals surface area contributed by atoms with Gasteiger partial charge in [-0.15, -0.1) is 0 Å². The van der Waals surface area contributed by atoms with Gasteiger partial charge in [0.2, 0.25) is 5.91 Å². The molecule has 0 bridgehead atoms. The topological polar surface area (TPSA) is 58.4 Å². The standard InChI is InChI=1S/C14H27N3O/c15-12-14(8-4-1-2-5-9-14)13(18)16-17-10-6-3-7-11-17/h1-12,15H2,(H,16,18). The second-order valence-corrected chi connectivity index (χ2v) is 5.89. The predicted molar refractivity (Wildman–Crippen MR) is 72.8 cm³/mol. The van der Waals surface area contributed by atoms with E-state index in [0.29, 0.717) is 6.54 Å². The van der Waals surface area contributed by atoms with Gasteiger partial charge in [-0.3, -0.25) is 10.2 Å². The molecule has 4 nitrogen and oxygen atoms in total. The Balaban J connectivity index is 1.94. The van der Waals surface area contributed by atoms with Gasteiger partial charge in [-0.1, -0.05) is 32.1 Å². The molecule has 0 aromatic rings. The Morgan fingerprint density at radius 3 is 2.11 bits per heavy atom. The minimum atomic E-state index is -0.298. The molecule has 0 aromatic carbocycles. The second kappa shape index (κ2) is 6.53. The monoisotopic (exact) mass is 253 g/mol. The first-order valence-corrected chi connectivity index (χ1v) is 7.53. The molecule has 0 aromatic heterocycles. The third kappa shape index (κ3) is 3.23. The molecule has 3 N–H and O–H groups in total. The van der Waals surface area contributed by atoms with Crippen LogP contribution in [0.1, 0.15) is 57.8 Å². The Kier molecular flexibility index (Phi) is 5.01. The fourth-order valence-corrected chi connectivity index (χ4v) is 3.20. The van der Waals surface area contributed by atoms with Crippen LogP contribution in [0.15, 0.2) is 0 Å². The fourth-order valence-electron chi connectivity index (χ4n) is 3.20. The highest BCUT2D eigenvalue weighted by Crippen LogP contribution is 2.34. The van der Waals surface area contributed by atoms with Crippen molar-refractivity contribution in [2.24, 2.45) is 11.1 Å². The van der Waals surface area contributed by atoms with E-state index < -0.39 is 0 Å². The van der Waals surface area contributed by atoms with E-state index in [0.717, 1.165) is 38.8 Å². The Bertz CT molecular complexity index is 266. The van der Waals surface area contributed by atoms with Gasteiger partial charge in [0.1, 0.15) is 0 Å². The number of hydrogen-bond acceptors (Lipinski definition) is 3. The number of nitrogens with one attached hydrogen (secondary N) is 1. The normalized spacial score (nSPS) is 25.4. The van der Waals surface area contributed by atoms with Crippen molar-refractivity contribution >= 4 is 5.91 Å². The maximum absolute atomic E-state index is 12.5. The van der Waals surface area contributed by atoms with Crippen molar-refractivity contribution < 1.29 is 4.79 Å². The van der Waals surface area contributed by atoms with Crippen molar-refractivity contribution in [3.8, 4) is 0 Å². The van der Waals surface area contributed by atoms with Crippen LogP contribution < -0.4 is 11.2 Å². The van der Waals surface area contributed by atoms with Crippen molar-refractivity contribution in [2.75, 3.05) is 19.6 Å². The minimum Gasteiger partial charge on any atom is -0.329 e. The summed E-state index contributed by atoms with van der Waals surface area (Å²) in [5.41, 5.74) is 8.76. The van der Waals surface area contributed by atoms with Gasteiger partial charge in [0.15, 0.2) is 0 Å². The summed E-state index contributed by atoms with van der Waals surface area (Å²) < 4.78 is 0. The van der Waals surface area contributed by atoms with Crippen LogP contribution in [-0.4, -0.2) is 30.6 Å². The van der Waals surface area contributed by atoms with Gasteiger partial charge in [-0.2, -0.15) is 0 Å². The molecule has 104 valence electrons. The number of hydrazine groups is 1.